The lowest BCUT2D eigenvalue weighted by atomic mass is 9.97. The minimum absolute atomic E-state index is 0.566. The van der Waals surface area contributed by atoms with E-state index in [4.69, 9.17) is 5.73 Å². The number of hydrogen-bond donors (Lipinski definition) is 1. The van der Waals surface area contributed by atoms with Crippen molar-refractivity contribution in [3.63, 3.8) is 0 Å². The van der Waals surface area contributed by atoms with E-state index in [1.165, 1.54) is 44.6 Å². The summed E-state index contributed by atoms with van der Waals surface area (Å²) in [5.41, 5.74) is 6.83. The van der Waals surface area contributed by atoms with Crippen molar-refractivity contribution in [1.82, 2.24) is 14.8 Å². The summed E-state index contributed by atoms with van der Waals surface area (Å²) in [6.07, 6.45) is 4.15. The molecule has 0 aliphatic carbocycles. The molecule has 0 amide bonds. The van der Waals surface area contributed by atoms with E-state index in [0.717, 1.165) is 17.6 Å². The number of rotatable bonds is 3. The average molecular weight is 280 g/mol. The Balaban J connectivity index is 1.63. The quantitative estimate of drug-likeness (QED) is 0.914. The number of aromatic nitrogens is 1. The first kappa shape index (κ1) is 13.5. The van der Waals surface area contributed by atoms with Gasteiger partial charge in [0, 0.05) is 43.6 Å². The predicted molar refractivity (Wildman–Crippen MR) is 79.1 cm³/mol. The Kier molecular flexibility index (Phi) is 4.17. The van der Waals surface area contributed by atoms with E-state index in [1.807, 2.05) is 0 Å². The number of hydrogen-bond acceptors (Lipinski definition) is 5. The van der Waals surface area contributed by atoms with Gasteiger partial charge in [-0.2, -0.15) is 0 Å². The highest BCUT2D eigenvalue weighted by Crippen LogP contribution is 2.25. The summed E-state index contributed by atoms with van der Waals surface area (Å²) in [6.45, 7) is 7.63. The molecule has 3 rings (SSSR count). The van der Waals surface area contributed by atoms with Crippen LogP contribution >= 0.6 is 11.3 Å². The van der Waals surface area contributed by atoms with Crippen molar-refractivity contribution in [1.29, 1.82) is 0 Å². The molecule has 2 unspecified atom stereocenters. The van der Waals surface area contributed by atoms with Gasteiger partial charge in [0.1, 0.15) is 5.01 Å². The van der Waals surface area contributed by atoms with Crippen LogP contribution in [-0.4, -0.2) is 46.5 Å². The lowest BCUT2D eigenvalue weighted by molar-refractivity contribution is 0.0106. The van der Waals surface area contributed by atoms with Gasteiger partial charge in [0.25, 0.3) is 0 Å². The third kappa shape index (κ3) is 2.99. The first-order chi connectivity index (χ1) is 9.26. The summed E-state index contributed by atoms with van der Waals surface area (Å²) < 4.78 is 0. The fourth-order valence-electron chi connectivity index (χ4n) is 3.36. The van der Waals surface area contributed by atoms with Gasteiger partial charge in [-0.1, -0.05) is 6.42 Å². The Labute approximate surface area is 119 Å². The molecule has 5 heteroatoms. The maximum absolute atomic E-state index is 5.64. The zero-order valence-electron chi connectivity index (χ0n) is 11.7. The van der Waals surface area contributed by atoms with Gasteiger partial charge in [-0.3, -0.25) is 9.80 Å². The number of nitrogens with two attached hydrogens (primary N) is 1. The third-order valence-corrected chi connectivity index (χ3v) is 5.38. The summed E-state index contributed by atoms with van der Waals surface area (Å²) >= 11 is 1.69. The topological polar surface area (TPSA) is 45.4 Å². The van der Waals surface area contributed by atoms with Crippen LogP contribution in [0, 0.1) is 0 Å². The Morgan fingerprint density at radius 2 is 2.32 bits per heavy atom. The van der Waals surface area contributed by atoms with E-state index in [9.17, 15) is 0 Å². The zero-order valence-corrected chi connectivity index (χ0v) is 12.5. The number of fused-ring (bicyclic) bond motifs is 1. The minimum Gasteiger partial charge on any atom is -0.325 e. The molecule has 106 valence electrons. The molecule has 2 saturated heterocycles. The fraction of sp³-hybridized carbons (Fsp3) is 0.786. The second-order valence-corrected chi connectivity index (χ2v) is 6.80. The Hall–Kier alpha value is -0.490. The van der Waals surface area contributed by atoms with Gasteiger partial charge < -0.3 is 5.73 Å². The van der Waals surface area contributed by atoms with Crippen LogP contribution in [0.1, 0.15) is 36.9 Å². The number of piperidine rings is 1. The summed E-state index contributed by atoms with van der Waals surface area (Å²) in [5, 5.41) is 3.22. The SMILES string of the molecule is CC1CN2CCCCC2CN1Cc1csc(CN)n1. The Bertz CT molecular complexity index is 419. The Morgan fingerprint density at radius 1 is 1.42 bits per heavy atom. The van der Waals surface area contributed by atoms with Crippen molar-refractivity contribution in [2.75, 3.05) is 19.6 Å². The number of piperazine rings is 1. The van der Waals surface area contributed by atoms with Crippen molar-refractivity contribution in [3.8, 4) is 0 Å². The zero-order chi connectivity index (χ0) is 13.2. The molecule has 2 aliphatic rings. The van der Waals surface area contributed by atoms with Crippen LogP contribution in [0.4, 0.5) is 0 Å². The molecule has 1 aromatic rings. The molecular weight excluding hydrogens is 256 g/mol. The molecule has 0 spiro atoms. The van der Waals surface area contributed by atoms with Crippen molar-refractivity contribution in [3.05, 3.63) is 16.1 Å². The molecular formula is C14H24N4S. The van der Waals surface area contributed by atoms with E-state index in [2.05, 4.69) is 27.1 Å². The second kappa shape index (κ2) is 5.87. The first-order valence-electron chi connectivity index (χ1n) is 7.37. The lowest BCUT2D eigenvalue weighted by Crippen LogP contribution is -2.58. The molecule has 2 atom stereocenters. The smallest absolute Gasteiger partial charge is 0.106 e. The lowest BCUT2D eigenvalue weighted by Gasteiger charge is -2.47. The van der Waals surface area contributed by atoms with Crippen LogP contribution in [0.5, 0.6) is 0 Å². The monoisotopic (exact) mass is 280 g/mol. The van der Waals surface area contributed by atoms with Crippen LogP contribution in [-0.2, 0) is 13.1 Å². The van der Waals surface area contributed by atoms with Gasteiger partial charge in [-0.05, 0) is 26.3 Å². The van der Waals surface area contributed by atoms with Gasteiger partial charge in [0.2, 0.25) is 0 Å². The number of nitrogens with zero attached hydrogens (tertiary/aromatic N) is 3. The van der Waals surface area contributed by atoms with E-state index >= 15 is 0 Å². The van der Waals surface area contributed by atoms with Crippen molar-refractivity contribution in [2.45, 2.75) is 51.4 Å². The fourth-order valence-corrected chi connectivity index (χ4v) is 4.02. The van der Waals surface area contributed by atoms with Crippen LogP contribution in [0.15, 0.2) is 5.38 Å². The van der Waals surface area contributed by atoms with Crippen molar-refractivity contribution in [2.24, 2.45) is 5.73 Å². The van der Waals surface area contributed by atoms with Gasteiger partial charge in [-0.15, -0.1) is 11.3 Å². The summed E-state index contributed by atoms with van der Waals surface area (Å²) in [5.74, 6) is 0. The van der Waals surface area contributed by atoms with Crippen LogP contribution in [0.2, 0.25) is 0 Å². The Morgan fingerprint density at radius 3 is 3.11 bits per heavy atom. The van der Waals surface area contributed by atoms with Crippen LogP contribution in [0.25, 0.3) is 0 Å². The van der Waals surface area contributed by atoms with E-state index in [-0.39, 0.29) is 0 Å². The molecule has 0 saturated carbocycles. The van der Waals surface area contributed by atoms with Gasteiger partial charge in [0.05, 0.1) is 5.69 Å². The largest absolute Gasteiger partial charge is 0.325 e. The van der Waals surface area contributed by atoms with Crippen molar-refractivity contribution < 1.29 is 0 Å². The predicted octanol–water partition coefficient (Wildman–Crippen LogP) is 1.66. The summed E-state index contributed by atoms with van der Waals surface area (Å²) in [4.78, 5) is 9.89. The molecule has 0 aromatic carbocycles. The highest BCUT2D eigenvalue weighted by atomic mass is 32.1. The number of thiazole rings is 1. The second-order valence-electron chi connectivity index (χ2n) is 5.86. The maximum atomic E-state index is 5.64. The molecule has 0 bridgehead atoms. The van der Waals surface area contributed by atoms with Crippen LogP contribution < -0.4 is 5.73 Å². The average Bonchev–Trinajstić information content (AvgIpc) is 2.87. The first-order valence-corrected chi connectivity index (χ1v) is 8.25. The van der Waals surface area contributed by atoms with Gasteiger partial charge >= 0.3 is 0 Å². The molecule has 1 aromatic heterocycles. The summed E-state index contributed by atoms with van der Waals surface area (Å²) in [6, 6.07) is 1.41. The highest BCUT2D eigenvalue weighted by Gasteiger charge is 2.32. The minimum atomic E-state index is 0.566. The molecule has 19 heavy (non-hydrogen) atoms. The molecule has 4 nitrogen and oxygen atoms in total. The maximum Gasteiger partial charge on any atom is 0.106 e. The van der Waals surface area contributed by atoms with E-state index in [1.54, 1.807) is 11.3 Å². The van der Waals surface area contributed by atoms with E-state index < -0.39 is 0 Å². The molecule has 0 radical (unpaired) electrons. The normalized spacial score (nSPS) is 29.4. The van der Waals surface area contributed by atoms with Crippen molar-refractivity contribution >= 4 is 11.3 Å². The van der Waals surface area contributed by atoms with Crippen LogP contribution in [0.3, 0.4) is 0 Å². The van der Waals surface area contributed by atoms with Gasteiger partial charge in [0.15, 0.2) is 0 Å². The molecule has 3 heterocycles. The highest BCUT2D eigenvalue weighted by molar-refractivity contribution is 7.09. The van der Waals surface area contributed by atoms with E-state index in [0.29, 0.717) is 12.6 Å². The molecule has 2 fully saturated rings. The summed E-state index contributed by atoms with van der Waals surface area (Å²) in [7, 11) is 0. The molecule has 2 aliphatic heterocycles. The third-order valence-electron chi connectivity index (χ3n) is 4.46. The van der Waals surface area contributed by atoms with Gasteiger partial charge in [-0.25, -0.2) is 4.98 Å². The standard InChI is InChI=1S/C14H24N4S/c1-11-7-17-5-3-2-4-13(17)9-18(11)8-12-10-19-14(6-15)16-12/h10-11,13H,2-9,15H2,1H3. The molecule has 2 N–H and O–H groups in total.